The van der Waals surface area contributed by atoms with Crippen molar-refractivity contribution in [2.24, 2.45) is 5.92 Å². The van der Waals surface area contributed by atoms with E-state index in [1.165, 1.54) is 19.3 Å². The van der Waals surface area contributed by atoms with E-state index in [1.807, 2.05) is 0 Å². The maximum Gasteiger partial charge on any atom is 0.318 e. The highest BCUT2D eigenvalue weighted by molar-refractivity contribution is 5.24. The van der Waals surface area contributed by atoms with Gasteiger partial charge >= 0.3 is 6.01 Å². The van der Waals surface area contributed by atoms with Crippen LogP contribution in [-0.2, 0) is 6.54 Å². The standard InChI is InChI=1S/C13H24N4O/c1-10(2)14-9-12-15-16-13(18-12)17-7-4-5-11(3)6-8-17/h10-11,14H,4-9H2,1-3H3. The minimum absolute atomic E-state index is 0.430. The van der Waals surface area contributed by atoms with Gasteiger partial charge in [-0.05, 0) is 25.2 Å². The minimum atomic E-state index is 0.430. The summed E-state index contributed by atoms with van der Waals surface area (Å²) in [7, 11) is 0. The predicted molar refractivity (Wildman–Crippen MR) is 71.5 cm³/mol. The summed E-state index contributed by atoms with van der Waals surface area (Å²) in [5, 5.41) is 11.5. The highest BCUT2D eigenvalue weighted by Gasteiger charge is 2.18. The van der Waals surface area contributed by atoms with Gasteiger partial charge < -0.3 is 14.6 Å². The lowest BCUT2D eigenvalue weighted by Crippen LogP contribution is -2.24. The predicted octanol–water partition coefficient (Wildman–Crippen LogP) is 2.19. The number of rotatable bonds is 4. The van der Waals surface area contributed by atoms with E-state index in [4.69, 9.17) is 4.42 Å². The minimum Gasteiger partial charge on any atom is -0.407 e. The van der Waals surface area contributed by atoms with E-state index in [0.717, 1.165) is 19.0 Å². The number of nitrogens with zero attached hydrogens (tertiary/aromatic N) is 3. The Kier molecular flexibility index (Phi) is 4.58. The first-order valence-electron chi connectivity index (χ1n) is 6.96. The highest BCUT2D eigenvalue weighted by Crippen LogP contribution is 2.21. The van der Waals surface area contributed by atoms with Crippen molar-refractivity contribution in [2.75, 3.05) is 18.0 Å². The fraction of sp³-hybridized carbons (Fsp3) is 0.846. The summed E-state index contributed by atoms with van der Waals surface area (Å²) in [5.41, 5.74) is 0. The number of nitrogens with one attached hydrogen (secondary N) is 1. The van der Waals surface area contributed by atoms with Gasteiger partial charge in [-0.2, -0.15) is 0 Å². The normalized spacial score (nSPS) is 21.3. The summed E-state index contributed by atoms with van der Waals surface area (Å²) in [5.74, 6) is 1.48. The molecule has 1 fully saturated rings. The van der Waals surface area contributed by atoms with Gasteiger partial charge in [0.05, 0.1) is 6.54 Å². The summed E-state index contributed by atoms with van der Waals surface area (Å²) in [6, 6.07) is 1.11. The molecular formula is C13H24N4O. The first-order valence-corrected chi connectivity index (χ1v) is 6.96. The first kappa shape index (κ1) is 13.3. The van der Waals surface area contributed by atoms with Crippen molar-refractivity contribution >= 4 is 6.01 Å². The van der Waals surface area contributed by atoms with Crippen LogP contribution in [0.3, 0.4) is 0 Å². The van der Waals surface area contributed by atoms with E-state index in [9.17, 15) is 0 Å². The van der Waals surface area contributed by atoms with Crippen molar-refractivity contribution < 1.29 is 4.42 Å². The molecule has 0 bridgehead atoms. The number of hydrogen-bond donors (Lipinski definition) is 1. The van der Waals surface area contributed by atoms with Crippen molar-refractivity contribution in [1.82, 2.24) is 15.5 Å². The second kappa shape index (κ2) is 6.18. The van der Waals surface area contributed by atoms with Crippen molar-refractivity contribution in [2.45, 2.75) is 52.6 Å². The number of hydrogen-bond acceptors (Lipinski definition) is 5. The van der Waals surface area contributed by atoms with Gasteiger partial charge in [-0.25, -0.2) is 0 Å². The summed E-state index contributed by atoms with van der Waals surface area (Å²) in [4.78, 5) is 2.22. The van der Waals surface area contributed by atoms with Gasteiger partial charge in [0.1, 0.15) is 0 Å². The average molecular weight is 252 g/mol. The van der Waals surface area contributed by atoms with Crippen molar-refractivity contribution in [3.05, 3.63) is 5.89 Å². The molecule has 0 amide bonds. The summed E-state index contributed by atoms with van der Waals surface area (Å²) in [6.07, 6.45) is 3.72. The molecule has 18 heavy (non-hydrogen) atoms. The fourth-order valence-electron chi connectivity index (χ4n) is 2.19. The molecule has 0 spiro atoms. The molecule has 102 valence electrons. The molecule has 1 atom stereocenters. The Hall–Kier alpha value is -1.10. The van der Waals surface area contributed by atoms with Crippen LogP contribution in [0.5, 0.6) is 0 Å². The van der Waals surface area contributed by atoms with Crippen LogP contribution in [-0.4, -0.2) is 29.3 Å². The summed E-state index contributed by atoms with van der Waals surface area (Å²) >= 11 is 0. The van der Waals surface area contributed by atoms with Crippen LogP contribution < -0.4 is 10.2 Å². The first-order chi connectivity index (χ1) is 8.65. The van der Waals surface area contributed by atoms with Gasteiger partial charge in [0.15, 0.2) is 0 Å². The van der Waals surface area contributed by atoms with Crippen LogP contribution in [0.1, 0.15) is 45.9 Å². The zero-order chi connectivity index (χ0) is 13.0. The molecule has 0 saturated carbocycles. The second-order valence-corrected chi connectivity index (χ2v) is 5.54. The van der Waals surface area contributed by atoms with E-state index in [1.54, 1.807) is 0 Å². The van der Waals surface area contributed by atoms with E-state index in [2.05, 4.69) is 41.2 Å². The Labute approximate surface area is 109 Å². The molecule has 1 aliphatic rings. The zero-order valence-corrected chi connectivity index (χ0v) is 11.6. The molecule has 1 unspecified atom stereocenters. The Bertz CT molecular complexity index is 364. The fourth-order valence-corrected chi connectivity index (χ4v) is 2.19. The molecule has 1 aromatic heterocycles. The molecule has 5 heteroatoms. The van der Waals surface area contributed by atoms with Gasteiger partial charge in [-0.15, -0.1) is 5.10 Å². The Balaban J connectivity index is 1.92. The maximum atomic E-state index is 5.71. The van der Waals surface area contributed by atoms with Crippen LogP contribution in [0.2, 0.25) is 0 Å². The largest absolute Gasteiger partial charge is 0.407 e. The molecular weight excluding hydrogens is 228 g/mol. The van der Waals surface area contributed by atoms with E-state index in [0.29, 0.717) is 24.5 Å². The van der Waals surface area contributed by atoms with Gasteiger partial charge in [0, 0.05) is 19.1 Å². The lowest BCUT2D eigenvalue weighted by molar-refractivity contribution is 0.445. The highest BCUT2D eigenvalue weighted by atomic mass is 16.4. The number of aromatic nitrogens is 2. The van der Waals surface area contributed by atoms with Crippen LogP contribution >= 0.6 is 0 Å². The second-order valence-electron chi connectivity index (χ2n) is 5.54. The molecule has 1 saturated heterocycles. The molecule has 1 N–H and O–H groups in total. The van der Waals surface area contributed by atoms with E-state index >= 15 is 0 Å². The lowest BCUT2D eigenvalue weighted by atomic mass is 10.0. The lowest BCUT2D eigenvalue weighted by Gasteiger charge is -2.16. The Morgan fingerprint density at radius 3 is 2.94 bits per heavy atom. The molecule has 1 aliphatic heterocycles. The van der Waals surface area contributed by atoms with Gasteiger partial charge in [-0.3, -0.25) is 0 Å². The molecule has 2 rings (SSSR count). The molecule has 5 nitrogen and oxygen atoms in total. The quantitative estimate of drug-likeness (QED) is 0.890. The van der Waals surface area contributed by atoms with E-state index in [-0.39, 0.29) is 0 Å². The third-order valence-corrected chi connectivity index (χ3v) is 3.41. The van der Waals surface area contributed by atoms with Crippen LogP contribution in [0, 0.1) is 5.92 Å². The molecule has 1 aromatic rings. The van der Waals surface area contributed by atoms with Crippen LogP contribution in [0.15, 0.2) is 4.42 Å². The smallest absolute Gasteiger partial charge is 0.318 e. The zero-order valence-electron chi connectivity index (χ0n) is 11.6. The molecule has 0 aromatic carbocycles. The SMILES string of the molecule is CC1CCCN(c2nnc(CNC(C)C)o2)CC1. The van der Waals surface area contributed by atoms with Crippen molar-refractivity contribution in [3.8, 4) is 0 Å². The van der Waals surface area contributed by atoms with Crippen LogP contribution in [0.25, 0.3) is 0 Å². The monoisotopic (exact) mass is 252 g/mol. The topological polar surface area (TPSA) is 54.2 Å². The van der Waals surface area contributed by atoms with Gasteiger partial charge in [0.25, 0.3) is 0 Å². The van der Waals surface area contributed by atoms with Crippen molar-refractivity contribution in [1.29, 1.82) is 0 Å². The number of anilines is 1. The Morgan fingerprint density at radius 1 is 1.33 bits per heavy atom. The average Bonchev–Trinajstić information content (AvgIpc) is 2.69. The summed E-state index contributed by atoms with van der Waals surface area (Å²) in [6.45, 7) is 9.23. The molecule has 0 aliphatic carbocycles. The molecule has 0 radical (unpaired) electrons. The van der Waals surface area contributed by atoms with Crippen molar-refractivity contribution in [3.63, 3.8) is 0 Å². The van der Waals surface area contributed by atoms with Gasteiger partial charge in [-0.1, -0.05) is 25.9 Å². The summed E-state index contributed by atoms with van der Waals surface area (Å²) < 4.78 is 5.71. The van der Waals surface area contributed by atoms with Crippen LogP contribution in [0.4, 0.5) is 6.01 Å². The third kappa shape index (κ3) is 3.70. The van der Waals surface area contributed by atoms with Gasteiger partial charge in [0.2, 0.25) is 5.89 Å². The Morgan fingerprint density at radius 2 is 2.17 bits per heavy atom. The molecule has 2 heterocycles. The van der Waals surface area contributed by atoms with E-state index < -0.39 is 0 Å². The third-order valence-electron chi connectivity index (χ3n) is 3.41. The maximum absolute atomic E-state index is 5.71.